The Hall–Kier alpha value is -2.46. The average Bonchev–Trinajstić information content (AvgIpc) is 2.82. The van der Waals surface area contributed by atoms with Gasteiger partial charge in [0.1, 0.15) is 11.9 Å². The van der Waals surface area contributed by atoms with Crippen LogP contribution in [0.25, 0.3) is 0 Å². The lowest BCUT2D eigenvalue weighted by Gasteiger charge is -2.18. The maximum absolute atomic E-state index is 13.8. The summed E-state index contributed by atoms with van der Waals surface area (Å²) < 4.78 is 77.8. The standard InChI is InChI=1S/C25H27F5O4S/c1-14(31)12-18(34-19(32)13-15(2)33-3)9-8-16-4-6-17(7-5-16)10-11-35-25-23(29)21(27)20(26)22(28)24(25)30/h4-7,15,18H,8-13H2,1-3H3. The Labute approximate surface area is 205 Å². The molecule has 0 amide bonds. The first-order valence-corrected chi connectivity index (χ1v) is 12.0. The first kappa shape index (κ1) is 28.8. The number of thioether (sulfide) groups is 1. The molecular weight excluding hydrogens is 491 g/mol. The molecule has 0 aromatic heterocycles. The number of hydrogen-bond donors (Lipinski definition) is 0. The number of ketones is 1. The molecule has 0 fully saturated rings. The van der Waals surface area contributed by atoms with Crippen LogP contribution in [0.3, 0.4) is 0 Å². The predicted molar refractivity (Wildman–Crippen MR) is 122 cm³/mol. The second kappa shape index (κ2) is 13.6. The van der Waals surface area contributed by atoms with Gasteiger partial charge in [-0.25, -0.2) is 22.0 Å². The Morgan fingerprint density at radius 1 is 0.857 bits per heavy atom. The summed E-state index contributed by atoms with van der Waals surface area (Å²) >= 11 is 0.555. The molecule has 0 aliphatic rings. The zero-order valence-corrected chi connectivity index (χ0v) is 20.5. The van der Waals surface area contributed by atoms with Gasteiger partial charge in [0.2, 0.25) is 5.82 Å². The molecular formula is C25H27F5O4S. The highest BCUT2D eigenvalue weighted by Crippen LogP contribution is 2.31. The van der Waals surface area contributed by atoms with Gasteiger partial charge in [-0.05, 0) is 44.2 Å². The van der Waals surface area contributed by atoms with E-state index in [4.69, 9.17) is 9.47 Å². The second-order valence-electron chi connectivity index (χ2n) is 8.12. The van der Waals surface area contributed by atoms with Gasteiger partial charge in [0.15, 0.2) is 23.3 Å². The molecule has 2 aromatic rings. The fourth-order valence-corrected chi connectivity index (χ4v) is 4.23. The van der Waals surface area contributed by atoms with E-state index >= 15 is 0 Å². The third-order valence-corrected chi connectivity index (χ3v) is 6.31. The van der Waals surface area contributed by atoms with Crippen molar-refractivity contribution in [3.05, 3.63) is 64.5 Å². The summed E-state index contributed by atoms with van der Waals surface area (Å²) in [6, 6.07) is 7.25. The zero-order chi connectivity index (χ0) is 26.1. The second-order valence-corrected chi connectivity index (χ2v) is 9.23. The van der Waals surface area contributed by atoms with Gasteiger partial charge in [0.25, 0.3) is 0 Å². The highest BCUT2D eigenvalue weighted by molar-refractivity contribution is 7.99. The van der Waals surface area contributed by atoms with Gasteiger partial charge in [-0.3, -0.25) is 9.59 Å². The fourth-order valence-electron chi connectivity index (χ4n) is 3.26. The Morgan fingerprint density at radius 3 is 1.89 bits per heavy atom. The SMILES string of the molecule is COC(C)CC(=O)OC(CCc1ccc(CCSc2c(F)c(F)c(F)c(F)c2F)cc1)CC(C)=O. The van der Waals surface area contributed by atoms with Crippen molar-refractivity contribution < 1.29 is 41.0 Å². The molecule has 2 atom stereocenters. The monoisotopic (exact) mass is 518 g/mol. The lowest BCUT2D eigenvalue weighted by molar-refractivity contribution is -0.152. The van der Waals surface area contributed by atoms with Gasteiger partial charge < -0.3 is 9.47 Å². The highest BCUT2D eigenvalue weighted by atomic mass is 32.2. The summed E-state index contributed by atoms with van der Waals surface area (Å²) in [4.78, 5) is 22.7. The van der Waals surface area contributed by atoms with Crippen molar-refractivity contribution in [1.82, 2.24) is 0 Å². The van der Waals surface area contributed by atoms with Crippen molar-refractivity contribution in [1.29, 1.82) is 0 Å². The molecule has 0 saturated carbocycles. The van der Waals surface area contributed by atoms with Crippen LogP contribution in [-0.4, -0.2) is 36.8 Å². The number of rotatable bonds is 13. The van der Waals surface area contributed by atoms with Crippen LogP contribution in [0.4, 0.5) is 22.0 Å². The van der Waals surface area contributed by atoms with Crippen molar-refractivity contribution in [3.8, 4) is 0 Å². The van der Waals surface area contributed by atoms with E-state index in [9.17, 15) is 31.5 Å². The topological polar surface area (TPSA) is 52.6 Å². The molecule has 10 heteroatoms. The summed E-state index contributed by atoms with van der Waals surface area (Å²) in [5, 5.41) is 0. The summed E-state index contributed by atoms with van der Waals surface area (Å²) in [6.07, 6.45) is 0.684. The molecule has 0 radical (unpaired) electrons. The normalized spacial score (nSPS) is 12.9. The largest absolute Gasteiger partial charge is 0.462 e. The average molecular weight is 519 g/mol. The van der Waals surface area contributed by atoms with Crippen molar-refractivity contribution in [3.63, 3.8) is 0 Å². The molecule has 2 unspecified atom stereocenters. The number of carbonyl (C=O) groups excluding carboxylic acids is 2. The minimum Gasteiger partial charge on any atom is -0.462 e. The van der Waals surface area contributed by atoms with Crippen LogP contribution < -0.4 is 0 Å². The number of methoxy groups -OCH3 is 1. The van der Waals surface area contributed by atoms with Crippen LogP contribution in [0.15, 0.2) is 29.2 Å². The molecule has 2 aromatic carbocycles. The first-order valence-electron chi connectivity index (χ1n) is 11.0. The van der Waals surface area contributed by atoms with Gasteiger partial charge >= 0.3 is 5.97 Å². The van der Waals surface area contributed by atoms with Crippen LogP contribution in [0.2, 0.25) is 0 Å². The van der Waals surface area contributed by atoms with E-state index in [0.717, 1.165) is 11.1 Å². The summed E-state index contributed by atoms with van der Waals surface area (Å²) in [5.74, 6) is -10.2. The van der Waals surface area contributed by atoms with E-state index in [-0.39, 0.29) is 30.5 Å². The summed E-state index contributed by atoms with van der Waals surface area (Å²) in [5.41, 5.74) is 1.74. The maximum atomic E-state index is 13.8. The van der Waals surface area contributed by atoms with Crippen molar-refractivity contribution >= 4 is 23.5 Å². The van der Waals surface area contributed by atoms with Crippen LogP contribution in [-0.2, 0) is 31.9 Å². The molecule has 4 nitrogen and oxygen atoms in total. The van der Waals surface area contributed by atoms with E-state index in [1.54, 1.807) is 19.1 Å². The summed E-state index contributed by atoms with van der Waals surface area (Å²) in [6.45, 7) is 3.17. The Bertz CT molecular complexity index is 1000. The number of hydrogen-bond acceptors (Lipinski definition) is 5. The van der Waals surface area contributed by atoms with E-state index in [2.05, 4.69) is 0 Å². The molecule has 0 spiro atoms. The fraction of sp³-hybridized carbons (Fsp3) is 0.440. The van der Waals surface area contributed by atoms with Crippen molar-refractivity contribution in [2.24, 2.45) is 0 Å². The van der Waals surface area contributed by atoms with E-state index in [1.807, 2.05) is 12.1 Å². The Morgan fingerprint density at radius 2 is 1.37 bits per heavy atom. The van der Waals surface area contributed by atoms with Crippen LogP contribution in [0.5, 0.6) is 0 Å². The number of esters is 1. The lowest BCUT2D eigenvalue weighted by Crippen LogP contribution is -2.24. The number of ether oxygens (including phenoxy) is 2. The van der Waals surface area contributed by atoms with Gasteiger partial charge in [-0.15, -0.1) is 11.8 Å². The van der Waals surface area contributed by atoms with Gasteiger partial charge in [0, 0.05) is 19.3 Å². The lowest BCUT2D eigenvalue weighted by atomic mass is 10.0. The Balaban J connectivity index is 1.91. The molecule has 0 N–H and O–H groups in total. The highest BCUT2D eigenvalue weighted by Gasteiger charge is 2.25. The first-order chi connectivity index (χ1) is 16.5. The number of benzene rings is 2. The quantitative estimate of drug-likeness (QED) is 0.108. The molecule has 0 aliphatic carbocycles. The maximum Gasteiger partial charge on any atom is 0.308 e. The van der Waals surface area contributed by atoms with Gasteiger partial charge in [-0.2, -0.15) is 0 Å². The molecule has 0 saturated heterocycles. The predicted octanol–water partition coefficient (Wildman–Crippen LogP) is 5.97. The number of aryl methyl sites for hydroxylation is 2. The van der Waals surface area contributed by atoms with Crippen molar-refractivity contribution in [2.75, 3.05) is 12.9 Å². The molecule has 2 rings (SSSR count). The minimum atomic E-state index is -2.18. The van der Waals surface area contributed by atoms with Gasteiger partial charge in [0.05, 0.1) is 17.4 Å². The van der Waals surface area contributed by atoms with Crippen LogP contribution in [0.1, 0.15) is 44.2 Å². The van der Waals surface area contributed by atoms with Crippen LogP contribution in [0, 0.1) is 29.1 Å². The van der Waals surface area contributed by atoms with E-state index < -0.39 is 46.1 Å². The van der Waals surface area contributed by atoms with E-state index in [1.165, 1.54) is 14.0 Å². The number of Topliss-reactive ketones (excluding diaryl/α,β-unsaturated/α-hetero) is 1. The van der Waals surface area contributed by atoms with Crippen molar-refractivity contribution in [2.45, 2.75) is 63.1 Å². The molecule has 0 aliphatic heterocycles. The molecule has 0 bridgehead atoms. The smallest absolute Gasteiger partial charge is 0.308 e. The molecule has 0 heterocycles. The van der Waals surface area contributed by atoms with E-state index in [0.29, 0.717) is 31.0 Å². The number of halogens is 5. The summed E-state index contributed by atoms with van der Waals surface area (Å²) in [7, 11) is 1.49. The minimum absolute atomic E-state index is 0.0859. The molecule has 192 valence electrons. The van der Waals surface area contributed by atoms with Crippen LogP contribution >= 0.6 is 11.8 Å². The Kier molecular flexibility index (Phi) is 11.2. The number of carbonyl (C=O) groups is 2. The third-order valence-electron chi connectivity index (χ3n) is 5.25. The third kappa shape index (κ3) is 8.61. The van der Waals surface area contributed by atoms with Gasteiger partial charge in [-0.1, -0.05) is 24.3 Å². The zero-order valence-electron chi connectivity index (χ0n) is 19.6. The molecule has 35 heavy (non-hydrogen) atoms.